The summed E-state index contributed by atoms with van der Waals surface area (Å²) in [6, 6.07) is 5.37. The first-order chi connectivity index (χ1) is 12.1. The molecule has 1 atom stereocenters. The second-order valence-corrected chi connectivity index (χ2v) is 8.49. The Kier molecular flexibility index (Phi) is 6.01. The van der Waals surface area contributed by atoms with E-state index in [9.17, 15) is 22.8 Å². The number of nitrogens with zero attached hydrogens (tertiary/aromatic N) is 2. The van der Waals surface area contributed by atoms with Crippen LogP contribution in [0.25, 0.3) is 0 Å². The maximum atomic E-state index is 12.5. The van der Waals surface area contributed by atoms with Crippen LogP contribution in [0.4, 0.5) is 0 Å². The Balaban J connectivity index is 2.12. The van der Waals surface area contributed by atoms with Crippen molar-refractivity contribution in [3.05, 3.63) is 29.8 Å². The van der Waals surface area contributed by atoms with Crippen molar-refractivity contribution in [1.29, 1.82) is 0 Å². The van der Waals surface area contributed by atoms with Crippen LogP contribution >= 0.6 is 0 Å². The molecule has 0 saturated carbocycles. The second-order valence-electron chi connectivity index (χ2n) is 6.50. The van der Waals surface area contributed by atoms with Gasteiger partial charge in [-0.2, -0.15) is 0 Å². The molecule has 1 unspecified atom stereocenters. The molecule has 1 saturated heterocycles. The smallest absolute Gasteiger partial charge is 0.308 e. The number of carboxylic acids is 1. The Morgan fingerprint density at radius 3 is 2.35 bits per heavy atom. The number of aliphatic carboxylic acids is 1. The molecule has 0 radical (unpaired) electrons. The van der Waals surface area contributed by atoms with Crippen molar-refractivity contribution in [3.63, 3.8) is 0 Å². The molecule has 26 heavy (non-hydrogen) atoms. The summed E-state index contributed by atoms with van der Waals surface area (Å²) >= 11 is 0. The van der Waals surface area contributed by atoms with Gasteiger partial charge in [-0.15, -0.1) is 0 Å². The lowest BCUT2D eigenvalue weighted by atomic mass is 9.97. The van der Waals surface area contributed by atoms with Gasteiger partial charge in [0, 0.05) is 32.7 Å². The SMILES string of the molecule is CN(C)C(=O)CS(=O)(=O)c1ccc(C(=O)N2CCCC(C(=O)O)C2)cc1. The summed E-state index contributed by atoms with van der Waals surface area (Å²) in [5.41, 5.74) is 0.286. The van der Waals surface area contributed by atoms with E-state index in [2.05, 4.69) is 0 Å². The minimum atomic E-state index is -3.79. The van der Waals surface area contributed by atoms with Gasteiger partial charge in [-0.05, 0) is 37.1 Å². The highest BCUT2D eigenvalue weighted by Crippen LogP contribution is 2.20. The van der Waals surface area contributed by atoms with Crippen LogP contribution < -0.4 is 0 Å². The van der Waals surface area contributed by atoms with Crippen LogP contribution in [0.1, 0.15) is 23.2 Å². The number of hydrogen-bond donors (Lipinski definition) is 1. The lowest BCUT2D eigenvalue weighted by Crippen LogP contribution is -2.42. The van der Waals surface area contributed by atoms with Crippen molar-refractivity contribution >= 4 is 27.6 Å². The largest absolute Gasteiger partial charge is 0.481 e. The molecule has 142 valence electrons. The van der Waals surface area contributed by atoms with Crippen molar-refractivity contribution in [2.24, 2.45) is 5.92 Å². The first-order valence-electron chi connectivity index (χ1n) is 8.17. The van der Waals surface area contributed by atoms with E-state index >= 15 is 0 Å². The predicted octanol–water partition coefficient (Wildman–Crippen LogP) is 0.485. The maximum Gasteiger partial charge on any atom is 0.308 e. The normalized spacial score (nSPS) is 17.6. The Hall–Kier alpha value is -2.42. The summed E-state index contributed by atoms with van der Waals surface area (Å²) in [6.07, 6.45) is 1.15. The minimum absolute atomic E-state index is 0.0358. The number of hydrogen-bond acceptors (Lipinski definition) is 5. The third kappa shape index (κ3) is 4.60. The van der Waals surface area contributed by atoms with E-state index in [0.29, 0.717) is 19.4 Å². The standard InChI is InChI=1S/C17H22N2O6S/c1-18(2)15(20)11-26(24,25)14-7-5-12(6-8-14)16(21)19-9-3-4-13(10-19)17(22)23/h5-8,13H,3-4,9-11H2,1-2H3,(H,22,23). The van der Waals surface area contributed by atoms with Crippen molar-refractivity contribution in [1.82, 2.24) is 9.80 Å². The number of rotatable bonds is 5. The molecule has 2 rings (SSSR count). The van der Waals surface area contributed by atoms with E-state index < -0.39 is 33.4 Å². The molecule has 1 aliphatic rings. The molecule has 8 nitrogen and oxygen atoms in total. The molecule has 1 aromatic rings. The van der Waals surface area contributed by atoms with E-state index in [0.717, 1.165) is 0 Å². The number of likely N-dealkylation sites (tertiary alicyclic amines) is 1. The fraction of sp³-hybridized carbons (Fsp3) is 0.471. The molecule has 0 aliphatic carbocycles. The highest BCUT2D eigenvalue weighted by molar-refractivity contribution is 7.92. The zero-order valence-corrected chi connectivity index (χ0v) is 15.5. The van der Waals surface area contributed by atoms with E-state index in [1.165, 1.54) is 48.2 Å². The van der Waals surface area contributed by atoms with Gasteiger partial charge in [0.25, 0.3) is 5.91 Å². The van der Waals surface area contributed by atoms with Crippen molar-refractivity contribution in [3.8, 4) is 0 Å². The van der Waals surface area contributed by atoms with Crippen LogP contribution in [0, 0.1) is 5.92 Å². The van der Waals surface area contributed by atoms with Crippen LogP contribution in [-0.4, -0.2) is 74.0 Å². The fourth-order valence-corrected chi connectivity index (χ4v) is 4.03. The van der Waals surface area contributed by atoms with E-state index in [-0.39, 0.29) is 22.9 Å². The molecule has 0 aromatic heterocycles. The van der Waals surface area contributed by atoms with Crippen LogP contribution in [-0.2, 0) is 19.4 Å². The number of sulfone groups is 1. The van der Waals surface area contributed by atoms with Gasteiger partial charge in [-0.3, -0.25) is 14.4 Å². The van der Waals surface area contributed by atoms with Gasteiger partial charge in [-0.25, -0.2) is 8.42 Å². The molecular weight excluding hydrogens is 360 g/mol. The molecule has 1 heterocycles. The third-order valence-corrected chi connectivity index (χ3v) is 5.95. The summed E-state index contributed by atoms with van der Waals surface area (Å²) in [5.74, 6) is -3.00. The average molecular weight is 382 g/mol. The minimum Gasteiger partial charge on any atom is -0.481 e. The van der Waals surface area contributed by atoms with Gasteiger partial charge in [0.2, 0.25) is 5.91 Å². The van der Waals surface area contributed by atoms with Gasteiger partial charge in [0.1, 0.15) is 5.75 Å². The monoisotopic (exact) mass is 382 g/mol. The Morgan fingerprint density at radius 1 is 1.19 bits per heavy atom. The number of carbonyl (C=O) groups excluding carboxylic acids is 2. The van der Waals surface area contributed by atoms with Crippen LogP contribution in [0.3, 0.4) is 0 Å². The van der Waals surface area contributed by atoms with E-state index in [4.69, 9.17) is 5.11 Å². The molecule has 2 amide bonds. The quantitative estimate of drug-likeness (QED) is 0.793. The fourth-order valence-electron chi connectivity index (χ4n) is 2.73. The molecule has 0 bridgehead atoms. The number of carbonyl (C=O) groups is 3. The maximum absolute atomic E-state index is 12.5. The summed E-state index contributed by atoms with van der Waals surface area (Å²) in [7, 11) is -0.836. The molecular formula is C17H22N2O6S. The number of piperidine rings is 1. The summed E-state index contributed by atoms with van der Waals surface area (Å²) < 4.78 is 24.5. The van der Waals surface area contributed by atoms with Crippen molar-refractivity contribution in [2.75, 3.05) is 32.9 Å². The summed E-state index contributed by atoms with van der Waals surface area (Å²) in [4.78, 5) is 37.9. The Morgan fingerprint density at radius 2 is 1.81 bits per heavy atom. The van der Waals surface area contributed by atoms with E-state index in [1.54, 1.807) is 0 Å². The number of carboxylic acid groups (broad SMARTS) is 1. The Labute approximate surface area is 152 Å². The molecule has 1 N–H and O–H groups in total. The topological polar surface area (TPSA) is 112 Å². The van der Waals surface area contributed by atoms with Gasteiger partial charge in [0.15, 0.2) is 9.84 Å². The zero-order valence-electron chi connectivity index (χ0n) is 14.7. The molecule has 0 spiro atoms. The molecule has 1 aromatic carbocycles. The number of benzene rings is 1. The second kappa shape index (κ2) is 7.86. The average Bonchev–Trinajstić information content (AvgIpc) is 2.60. The van der Waals surface area contributed by atoms with Crippen LogP contribution in [0.15, 0.2) is 29.2 Å². The summed E-state index contributed by atoms with van der Waals surface area (Å²) in [6.45, 7) is 0.617. The first kappa shape index (κ1) is 19.9. The summed E-state index contributed by atoms with van der Waals surface area (Å²) in [5, 5.41) is 9.11. The predicted molar refractivity (Wildman–Crippen MR) is 93.5 cm³/mol. The number of amides is 2. The van der Waals surface area contributed by atoms with E-state index in [1.807, 2.05) is 0 Å². The highest BCUT2D eigenvalue weighted by Gasteiger charge is 2.29. The van der Waals surface area contributed by atoms with Crippen molar-refractivity contribution in [2.45, 2.75) is 17.7 Å². The van der Waals surface area contributed by atoms with Gasteiger partial charge >= 0.3 is 5.97 Å². The molecule has 1 fully saturated rings. The first-order valence-corrected chi connectivity index (χ1v) is 9.82. The zero-order chi connectivity index (χ0) is 19.5. The lowest BCUT2D eigenvalue weighted by molar-refractivity contribution is -0.143. The Bertz CT molecular complexity index is 801. The van der Waals surface area contributed by atoms with Gasteiger partial charge in [-0.1, -0.05) is 0 Å². The molecule has 1 aliphatic heterocycles. The van der Waals surface area contributed by atoms with Crippen LogP contribution in [0.5, 0.6) is 0 Å². The third-order valence-electron chi connectivity index (χ3n) is 4.33. The van der Waals surface area contributed by atoms with Gasteiger partial charge in [0.05, 0.1) is 10.8 Å². The van der Waals surface area contributed by atoms with Crippen molar-refractivity contribution < 1.29 is 27.9 Å². The highest BCUT2D eigenvalue weighted by atomic mass is 32.2. The van der Waals surface area contributed by atoms with Gasteiger partial charge < -0.3 is 14.9 Å². The lowest BCUT2D eigenvalue weighted by Gasteiger charge is -2.30. The molecule has 9 heteroatoms. The van der Waals surface area contributed by atoms with Crippen LogP contribution in [0.2, 0.25) is 0 Å².